The highest BCUT2D eigenvalue weighted by atomic mass is 16.7. The van der Waals surface area contributed by atoms with Crippen LogP contribution in [0.2, 0.25) is 0 Å². The second-order valence-electron chi connectivity index (χ2n) is 13.6. The van der Waals surface area contributed by atoms with E-state index in [-0.39, 0.29) is 18.1 Å². The molecular weight excluding hydrogens is 568 g/mol. The van der Waals surface area contributed by atoms with Gasteiger partial charge in [-0.15, -0.1) is 0 Å². The van der Waals surface area contributed by atoms with Gasteiger partial charge in [0.15, 0.2) is 23.1 Å². The zero-order valence-electron chi connectivity index (χ0n) is 27.6. The van der Waals surface area contributed by atoms with Crippen molar-refractivity contribution in [1.29, 1.82) is 0 Å². The van der Waals surface area contributed by atoms with E-state index < -0.39 is 82.7 Å². The van der Waals surface area contributed by atoms with Crippen LogP contribution in [0.15, 0.2) is 34.9 Å². The molecule has 0 spiro atoms. The summed E-state index contributed by atoms with van der Waals surface area (Å²) in [6.07, 6.45) is 1.51. The lowest BCUT2D eigenvalue weighted by Crippen LogP contribution is -2.43. The van der Waals surface area contributed by atoms with Crippen LogP contribution < -0.4 is 0 Å². The molecule has 0 bridgehead atoms. The molecule has 1 saturated heterocycles. The number of Topliss-reactive ketones (excluding diaryl/α,β-unsaturated/α-hetero) is 1. The standard InChI is InChI=1S/C34H46O10/c1-12-16(3)30(38)42-26-20(7)28(37)33-15-19(6)29(41-22(9)36)34(33,44-33)14-18(5)25(40-21(8)35)27(24-23(26)32(24,10)11)43-31(39)17(4)13-2/h12-14,19-20,23-27,29H,15H2,1-11H3/b16-12+,17-13-,18-14+/t19-,20+,23-,24+,25+,26-,27-,29-,33-,34-/m0/s1. The number of ether oxygens (including phenoxy) is 5. The Bertz CT molecular complexity index is 1350. The van der Waals surface area contributed by atoms with E-state index in [1.807, 2.05) is 20.8 Å². The molecule has 2 saturated carbocycles. The molecule has 3 aliphatic carbocycles. The number of hydrogen-bond acceptors (Lipinski definition) is 10. The summed E-state index contributed by atoms with van der Waals surface area (Å²) >= 11 is 0. The van der Waals surface area contributed by atoms with E-state index in [1.54, 1.807) is 59.8 Å². The minimum absolute atomic E-state index is 0.245. The number of carbonyl (C=O) groups is 5. The Hall–Kier alpha value is -3.27. The van der Waals surface area contributed by atoms with Crippen LogP contribution in [-0.2, 0) is 47.7 Å². The van der Waals surface area contributed by atoms with Gasteiger partial charge >= 0.3 is 23.9 Å². The smallest absolute Gasteiger partial charge is 0.333 e. The van der Waals surface area contributed by atoms with Crippen LogP contribution in [0.3, 0.4) is 0 Å². The fourth-order valence-electron chi connectivity index (χ4n) is 7.68. The summed E-state index contributed by atoms with van der Waals surface area (Å²) in [6.45, 7) is 18.6. The second kappa shape index (κ2) is 11.6. The molecule has 0 N–H and O–H groups in total. The van der Waals surface area contributed by atoms with Gasteiger partial charge in [-0.05, 0) is 64.0 Å². The Morgan fingerprint density at radius 2 is 1.34 bits per heavy atom. The van der Waals surface area contributed by atoms with E-state index in [0.29, 0.717) is 16.7 Å². The fraction of sp³-hybridized carbons (Fsp3) is 0.676. The first-order valence-corrected chi connectivity index (χ1v) is 15.4. The summed E-state index contributed by atoms with van der Waals surface area (Å²) in [5.74, 6) is -4.47. The highest BCUT2D eigenvalue weighted by Crippen LogP contribution is 2.69. The largest absolute Gasteiger partial charge is 0.459 e. The molecule has 4 aliphatic rings. The molecule has 0 aromatic rings. The van der Waals surface area contributed by atoms with E-state index >= 15 is 0 Å². The maximum Gasteiger partial charge on any atom is 0.333 e. The van der Waals surface area contributed by atoms with Crippen molar-refractivity contribution < 1.29 is 47.7 Å². The van der Waals surface area contributed by atoms with Crippen LogP contribution in [0.5, 0.6) is 0 Å². The third-order valence-electron chi connectivity index (χ3n) is 10.3. The number of esters is 4. The van der Waals surface area contributed by atoms with Gasteiger partial charge in [-0.2, -0.15) is 0 Å². The van der Waals surface area contributed by atoms with Crippen LogP contribution in [0.25, 0.3) is 0 Å². The van der Waals surface area contributed by atoms with Gasteiger partial charge < -0.3 is 23.7 Å². The number of hydrogen-bond donors (Lipinski definition) is 0. The molecule has 3 fully saturated rings. The van der Waals surface area contributed by atoms with Crippen molar-refractivity contribution in [3.05, 3.63) is 34.9 Å². The van der Waals surface area contributed by atoms with E-state index in [0.717, 1.165) is 0 Å². The number of allylic oxidation sites excluding steroid dienone is 2. The predicted molar refractivity (Wildman–Crippen MR) is 159 cm³/mol. The first kappa shape index (κ1) is 33.6. The molecule has 44 heavy (non-hydrogen) atoms. The summed E-state index contributed by atoms with van der Waals surface area (Å²) in [5, 5.41) is 0. The Morgan fingerprint density at radius 1 is 0.841 bits per heavy atom. The lowest BCUT2D eigenvalue weighted by Gasteiger charge is -2.30. The van der Waals surface area contributed by atoms with Crippen LogP contribution in [0.4, 0.5) is 0 Å². The summed E-state index contributed by atoms with van der Waals surface area (Å²) in [6, 6.07) is 0. The molecule has 10 nitrogen and oxygen atoms in total. The van der Waals surface area contributed by atoms with Gasteiger partial charge in [0.05, 0.1) is 5.92 Å². The average molecular weight is 615 g/mol. The van der Waals surface area contributed by atoms with Gasteiger partial charge in [-0.3, -0.25) is 14.4 Å². The van der Waals surface area contributed by atoms with Gasteiger partial charge in [0.25, 0.3) is 0 Å². The normalized spacial score (nSPS) is 40.5. The van der Waals surface area contributed by atoms with Crippen molar-refractivity contribution in [3.63, 3.8) is 0 Å². The van der Waals surface area contributed by atoms with E-state index in [9.17, 15) is 24.0 Å². The molecule has 0 amide bonds. The monoisotopic (exact) mass is 614 g/mol. The number of rotatable bonds is 6. The van der Waals surface area contributed by atoms with Crippen molar-refractivity contribution in [1.82, 2.24) is 0 Å². The lowest BCUT2D eigenvalue weighted by molar-refractivity contribution is -0.164. The fourth-order valence-corrected chi connectivity index (χ4v) is 7.68. The minimum Gasteiger partial charge on any atom is -0.459 e. The molecule has 0 radical (unpaired) electrons. The van der Waals surface area contributed by atoms with Crippen molar-refractivity contribution >= 4 is 29.7 Å². The van der Waals surface area contributed by atoms with Gasteiger partial charge in [0.1, 0.15) is 18.3 Å². The van der Waals surface area contributed by atoms with Crippen molar-refractivity contribution in [2.45, 2.75) is 118 Å². The van der Waals surface area contributed by atoms with E-state index in [1.165, 1.54) is 13.8 Å². The second-order valence-corrected chi connectivity index (χ2v) is 13.6. The van der Waals surface area contributed by atoms with Gasteiger partial charge in [0.2, 0.25) is 0 Å². The van der Waals surface area contributed by atoms with Crippen LogP contribution in [-0.4, -0.2) is 65.3 Å². The third-order valence-corrected chi connectivity index (χ3v) is 10.3. The molecule has 0 aromatic heterocycles. The highest BCUT2D eigenvalue weighted by Gasteiger charge is 2.84. The quantitative estimate of drug-likeness (QED) is 0.137. The predicted octanol–water partition coefficient (Wildman–Crippen LogP) is 4.59. The zero-order chi connectivity index (χ0) is 33.1. The van der Waals surface area contributed by atoms with Gasteiger partial charge in [-0.25, -0.2) is 9.59 Å². The molecule has 4 rings (SSSR count). The number of carbonyl (C=O) groups excluding carboxylic acids is 5. The van der Waals surface area contributed by atoms with Crippen molar-refractivity contribution in [2.24, 2.45) is 29.1 Å². The lowest BCUT2D eigenvalue weighted by atomic mass is 9.80. The molecule has 1 aliphatic heterocycles. The number of epoxide rings is 1. The Morgan fingerprint density at radius 3 is 1.84 bits per heavy atom. The van der Waals surface area contributed by atoms with Crippen LogP contribution >= 0.6 is 0 Å². The van der Waals surface area contributed by atoms with E-state index in [4.69, 9.17) is 23.7 Å². The Kier molecular flexibility index (Phi) is 8.85. The first-order chi connectivity index (χ1) is 20.4. The minimum atomic E-state index is -1.35. The highest BCUT2D eigenvalue weighted by molar-refractivity contribution is 5.96. The third kappa shape index (κ3) is 5.33. The molecular formula is C34H46O10. The molecule has 0 aromatic carbocycles. The average Bonchev–Trinajstić information content (AvgIpc) is 3.74. The number of fused-ring (bicyclic) bond motifs is 1. The first-order valence-electron chi connectivity index (χ1n) is 15.4. The van der Waals surface area contributed by atoms with Crippen LogP contribution in [0.1, 0.15) is 82.6 Å². The summed E-state index contributed by atoms with van der Waals surface area (Å²) in [7, 11) is 0. The van der Waals surface area contributed by atoms with Gasteiger partial charge in [0, 0.05) is 36.8 Å². The SMILES string of the molecule is C/C=C(/C)C(=O)O[C@H]1[C@H]2[C@@H]([C@@H](OC(=O)/C(C)=C/C)[C@@H](C)C(=O)[C@@]34C[C@H](C)[C@H](OC(C)=O)[C@]3(/C=C(\C)[C@H]1OC(C)=O)O4)C2(C)C. The molecule has 10 heteroatoms. The zero-order valence-corrected chi connectivity index (χ0v) is 27.6. The molecule has 242 valence electrons. The molecule has 1 heterocycles. The summed E-state index contributed by atoms with van der Waals surface area (Å²) in [5.41, 5.74) is -2.02. The Labute approximate surface area is 259 Å². The van der Waals surface area contributed by atoms with Crippen molar-refractivity contribution in [2.75, 3.05) is 0 Å². The number of ketones is 1. The molecule has 10 atom stereocenters. The van der Waals surface area contributed by atoms with Crippen molar-refractivity contribution in [3.8, 4) is 0 Å². The molecule has 0 unspecified atom stereocenters. The van der Waals surface area contributed by atoms with E-state index in [2.05, 4.69) is 0 Å². The topological polar surface area (TPSA) is 135 Å². The maximum atomic E-state index is 14.6. The summed E-state index contributed by atoms with van der Waals surface area (Å²) in [4.78, 5) is 65.8. The van der Waals surface area contributed by atoms with Gasteiger partial charge in [-0.1, -0.05) is 39.8 Å². The summed E-state index contributed by atoms with van der Waals surface area (Å²) < 4.78 is 30.3. The Balaban J connectivity index is 1.96. The maximum absolute atomic E-state index is 14.6. The van der Waals surface area contributed by atoms with Crippen LogP contribution in [0, 0.1) is 29.1 Å².